The minimum atomic E-state index is -3.83. The Balaban J connectivity index is 2.41. The van der Waals surface area contributed by atoms with E-state index in [1.165, 1.54) is 17.0 Å². The smallest absolute Gasteiger partial charge is 0.284 e. The van der Waals surface area contributed by atoms with Crippen molar-refractivity contribution in [2.45, 2.75) is 11.8 Å². The van der Waals surface area contributed by atoms with Crippen LogP contribution in [0.1, 0.15) is 6.92 Å². The largest absolute Gasteiger partial charge is 0.382 e. The van der Waals surface area contributed by atoms with Crippen molar-refractivity contribution in [3.63, 3.8) is 0 Å². The molecule has 22 heavy (non-hydrogen) atoms. The Bertz CT molecular complexity index is 725. The van der Waals surface area contributed by atoms with Crippen molar-refractivity contribution < 1.29 is 13.2 Å². The van der Waals surface area contributed by atoms with E-state index in [9.17, 15) is 13.2 Å². The molecule has 0 aliphatic carbocycles. The molecule has 0 unspecified atom stereocenters. The lowest BCUT2D eigenvalue weighted by atomic mass is 10.4. The van der Waals surface area contributed by atoms with Crippen LogP contribution in [0.15, 0.2) is 50.7 Å². The van der Waals surface area contributed by atoms with E-state index in [1.54, 1.807) is 50.3 Å². The second-order valence-corrected chi connectivity index (χ2v) is 7.38. The molecule has 1 aliphatic rings. The van der Waals surface area contributed by atoms with Gasteiger partial charge >= 0.3 is 0 Å². The third-order valence-corrected chi connectivity index (χ3v) is 5.21. The van der Waals surface area contributed by atoms with E-state index in [0.717, 1.165) is 11.8 Å². The molecule has 1 heterocycles. The van der Waals surface area contributed by atoms with Crippen molar-refractivity contribution in [3.8, 4) is 0 Å². The normalized spacial score (nSPS) is 19.2. The van der Waals surface area contributed by atoms with E-state index in [-0.39, 0.29) is 16.0 Å². The van der Waals surface area contributed by atoms with Gasteiger partial charge in [0.25, 0.3) is 15.9 Å². The molecule has 1 amide bonds. The highest BCUT2D eigenvalue weighted by Gasteiger charge is 2.34. The van der Waals surface area contributed by atoms with Crippen LogP contribution >= 0.6 is 11.8 Å². The number of amidine groups is 1. The molecule has 1 aliphatic heterocycles. The van der Waals surface area contributed by atoms with E-state index in [1.807, 2.05) is 0 Å². The topological polar surface area (TPSA) is 70.1 Å². The molecular formula is C14H17N3O3S2. The van der Waals surface area contributed by atoms with Crippen molar-refractivity contribution in [3.05, 3.63) is 41.4 Å². The van der Waals surface area contributed by atoms with Crippen LogP contribution in [0.4, 0.5) is 0 Å². The number of amides is 1. The highest BCUT2D eigenvalue weighted by Crippen LogP contribution is 2.32. The van der Waals surface area contributed by atoms with Gasteiger partial charge in [0.05, 0.1) is 9.80 Å². The maximum absolute atomic E-state index is 12.3. The first-order valence-electron chi connectivity index (χ1n) is 6.63. The number of benzene rings is 1. The predicted octanol–water partition coefficient (Wildman–Crippen LogP) is 1.73. The number of sulfonamides is 1. The molecule has 1 aromatic rings. The second-order valence-electron chi connectivity index (χ2n) is 4.77. The van der Waals surface area contributed by atoms with Crippen LogP contribution in [-0.4, -0.2) is 49.9 Å². The fourth-order valence-electron chi connectivity index (χ4n) is 1.83. The maximum atomic E-state index is 12.3. The molecule has 6 nitrogen and oxygen atoms in total. The fourth-order valence-corrected chi connectivity index (χ4v) is 4.16. The minimum absolute atomic E-state index is 0.108. The van der Waals surface area contributed by atoms with Gasteiger partial charge in [-0.25, -0.2) is 0 Å². The molecule has 1 aromatic carbocycles. The Morgan fingerprint density at radius 1 is 1.27 bits per heavy atom. The van der Waals surface area contributed by atoms with Crippen LogP contribution in [-0.2, 0) is 14.8 Å². The molecule has 2 rings (SSSR count). The van der Waals surface area contributed by atoms with Gasteiger partial charge < -0.3 is 4.90 Å². The summed E-state index contributed by atoms with van der Waals surface area (Å²) < 4.78 is 28.5. The number of carbonyl (C=O) groups is 1. The van der Waals surface area contributed by atoms with Crippen LogP contribution in [0.2, 0.25) is 0 Å². The van der Waals surface area contributed by atoms with E-state index in [4.69, 9.17) is 0 Å². The summed E-state index contributed by atoms with van der Waals surface area (Å²) in [7, 11) is -0.232. The molecule has 0 atom stereocenters. The summed E-state index contributed by atoms with van der Waals surface area (Å²) >= 11 is 1.07. The van der Waals surface area contributed by atoms with E-state index in [0.29, 0.717) is 11.4 Å². The van der Waals surface area contributed by atoms with Gasteiger partial charge in [-0.1, -0.05) is 18.2 Å². The van der Waals surface area contributed by atoms with Crippen molar-refractivity contribution in [1.29, 1.82) is 0 Å². The van der Waals surface area contributed by atoms with Crippen molar-refractivity contribution >= 4 is 32.9 Å². The SMILES string of the molecule is CCN1C(=O)/C(=C\N(C)C)SC1=NS(=O)(=O)c1ccccc1. The summed E-state index contributed by atoms with van der Waals surface area (Å²) in [6.07, 6.45) is 1.66. The molecule has 1 saturated heterocycles. The molecular weight excluding hydrogens is 322 g/mol. The molecule has 1 fully saturated rings. The van der Waals surface area contributed by atoms with E-state index < -0.39 is 10.0 Å². The molecule has 0 N–H and O–H groups in total. The highest BCUT2D eigenvalue weighted by molar-refractivity contribution is 8.19. The summed E-state index contributed by atoms with van der Waals surface area (Å²) in [6.45, 7) is 2.14. The van der Waals surface area contributed by atoms with E-state index >= 15 is 0 Å². The molecule has 0 radical (unpaired) electrons. The van der Waals surface area contributed by atoms with Crippen LogP contribution in [0, 0.1) is 0 Å². The first-order valence-corrected chi connectivity index (χ1v) is 8.89. The average molecular weight is 339 g/mol. The third kappa shape index (κ3) is 3.50. The van der Waals surface area contributed by atoms with Gasteiger partial charge in [-0.3, -0.25) is 9.69 Å². The number of thioether (sulfide) groups is 1. The van der Waals surface area contributed by atoms with Gasteiger partial charge in [0.2, 0.25) is 0 Å². The summed E-state index contributed by atoms with van der Waals surface area (Å²) in [4.78, 5) is 15.9. The zero-order chi connectivity index (χ0) is 16.3. The number of rotatable bonds is 4. The summed E-state index contributed by atoms with van der Waals surface area (Å²) in [5, 5.41) is 0.185. The lowest BCUT2D eigenvalue weighted by Gasteiger charge is -2.12. The molecule has 118 valence electrons. The fraction of sp³-hybridized carbons (Fsp3) is 0.286. The van der Waals surface area contributed by atoms with Crippen LogP contribution in [0.25, 0.3) is 0 Å². The minimum Gasteiger partial charge on any atom is -0.382 e. The Morgan fingerprint density at radius 2 is 1.91 bits per heavy atom. The second kappa shape index (κ2) is 6.53. The highest BCUT2D eigenvalue weighted by atomic mass is 32.2. The Labute approximate surface area is 134 Å². The van der Waals surface area contributed by atoms with Gasteiger partial charge in [-0.2, -0.15) is 8.42 Å². The Kier molecular flexibility index (Phi) is 4.92. The third-order valence-electron chi connectivity index (χ3n) is 2.82. The molecule has 0 saturated carbocycles. The van der Waals surface area contributed by atoms with Gasteiger partial charge in [0.15, 0.2) is 5.17 Å². The van der Waals surface area contributed by atoms with Gasteiger partial charge in [-0.15, -0.1) is 4.40 Å². The van der Waals surface area contributed by atoms with Crippen LogP contribution < -0.4 is 0 Å². The Hall–Kier alpha value is -1.80. The monoisotopic (exact) mass is 339 g/mol. The first-order chi connectivity index (χ1) is 10.3. The van der Waals surface area contributed by atoms with Crippen molar-refractivity contribution in [2.75, 3.05) is 20.6 Å². The number of likely N-dealkylation sites (N-methyl/N-ethyl adjacent to an activating group) is 1. The van der Waals surface area contributed by atoms with Crippen molar-refractivity contribution in [1.82, 2.24) is 9.80 Å². The predicted molar refractivity (Wildman–Crippen MR) is 87.8 cm³/mol. The molecule has 0 spiro atoms. The maximum Gasteiger partial charge on any atom is 0.284 e. The quantitative estimate of drug-likeness (QED) is 0.781. The first kappa shape index (κ1) is 16.6. The molecule has 8 heteroatoms. The number of hydrogen-bond acceptors (Lipinski definition) is 5. The number of carbonyl (C=O) groups excluding carboxylic acids is 1. The van der Waals surface area contributed by atoms with Crippen molar-refractivity contribution in [2.24, 2.45) is 4.40 Å². The van der Waals surface area contributed by atoms with Gasteiger partial charge in [0, 0.05) is 26.8 Å². The summed E-state index contributed by atoms with van der Waals surface area (Å²) in [6, 6.07) is 7.96. The molecule has 0 aromatic heterocycles. The summed E-state index contributed by atoms with van der Waals surface area (Å²) in [5.41, 5.74) is 0. The lowest BCUT2D eigenvalue weighted by Crippen LogP contribution is -2.29. The van der Waals surface area contributed by atoms with E-state index in [2.05, 4.69) is 4.40 Å². The van der Waals surface area contributed by atoms with Gasteiger partial charge in [-0.05, 0) is 30.8 Å². The van der Waals surface area contributed by atoms with Crippen LogP contribution in [0.5, 0.6) is 0 Å². The van der Waals surface area contributed by atoms with Crippen LogP contribution in [0.3, 0.4) is 0 Å². The number of nitrogens with zero attached hydrogens (tertiary/aromatic N) is 3. The number of hydrogen-bond donors (Lipinski definition) is 0. The zero-order valence-corrected chi connectivity index (χ0v) is 14.2. The average Bonchev–Trinajstić information content (AvgIpc) is 2.74. The van der Waals surface area contributed by atoms with Gasteiger partial charge in [0.1, 0.15) is 0 Å². The lowest BCUT2D eigenvalue weighted by molar-refractivity contribution is -0.122. The molecule has 0 bridgehead atoms. The Morgan fingerprint density at radius 3 is 2.45 bits per heavy atom. The summed E-state index contributed by atoms with van der Waals surface area (Å²) in [5.74, 6) is -0.233. The zero-order valence-electron chi connectivity index (χ0n) is 12.6. The standard InChI is InChI=1S/C14H17N3O3S2/c1-4-17-13(18)12(10-16(2)3)21-14(17)15-22(19,20)11-8-6-5-7-9-11/h5-10H,4H2,1-3H3/b12-10+,15-14?.